The molecule has 10 heteroatoms. The summed E-state index contributed by atoms with van der Waals surface area (Å²) in [5.41, 5.74) is 3.04. The first-order valence-corrected chi connectivity index (χ1v) is 10.8. The third-order valence-corrected chi connectivity index (χ3v) is 6.32. The van der Waals surface area contributed by atoms with Crippen molar-refractivity contribution in [1.29, 1.82) is 5.26 Å². The standard InChI is InChI=1S/C22H21N5O4S/c1-27-15(6-8-25-27)12-24-22(29)31-16-3-4-17-18(11-23)21(32-19(17)10-16)26-20(28)5-2-14-7-9-30-13-14/h2,5-9,13,16H,3-4,10,12H2,1H3,(H,24,29)(H,26,28)/b5-2+. The van der Waals surface area contributed by atoms with E-state index in [-0.39, 0.29) is 12.0 Å². The maximum atomic E-state index is 12.3. The highest BCUT2D eigenvalue weighted by molar-refractivity contribution is 7.16. The van der Waals surface area contributed by atoms with E-state index in [1.165, 1.54) is 29.9 Å². The molecule has 0 saturated heterocycles. The Bertz CT molecular complexity index is 1190. The third-order valence-electron chi connectivity index (χ3n) is 5.15. The first-order valence-electron chi connectivity index (χ1n) is 10.0. The molecule has 0 aliphatic heterocycles. The fraction of sp³-hybridized carbons (Fsp3) is 0.273. The topological polar surface area (TPSA) is 122 Å². The lowest BCUT2D eigenvalue weighted by atomic mass is 9.94. The van der Waals surface area contributed by atoms with Gasteiger partial charge in [0.05, 0.1) is 30.3 Å². The first kappa shape index (κ1) is 21.4. The second-order valence-electron chi connectivity index (χ2n) is 7.27. The van der Waals surface area contributed by atoms with Crippen molar-refractivity contribution in [3.8, 4) is 6.07 Å². The van der Waals surface area contributed by atoms with Gasteiger partial charge < -0.3 is 19.8 Å². The number of aromatic nitrogens is 2. The van der Waals surface area contributed by atoms with Crippen LogP contribution in [0.5, 0.6) is 0 Å². The molecule has 164 valence electrons. The number of aryl methyl sites for hydroxylation is 1. The van der Waals surface area contributed by atoms with Crippen LogP contribution in [0.3, 0.4) is 0 Å². The van der Waals surface area contributed by atoms with Crippen LogP contribution in [0.15, 0.2) is 41.3 Å². The van der Waals surface area contributed by atoms with E-state index < -0.39 is 6.09 Å². The Morgan fingerprint density at radius 1 is 1.47 bits per heavy atom. The van der Waals surface area contributed by atoms with Crippen LogP contribution in [0, 0.1) is 11.3 Å². The lowest BCUT2D eigenvalue weighted by Crippen LogP contribution is -2.32. The SMILES string of the molecule is Cn1nccc1CNC(=O)OC1CCc2c(sc(NC(=O)/C=C/c3ccoc3)c2C#N)C1. The smallest absolute Gasteiger partial charge is 0.407 e. The number of rotatable bonds is 6. The van der Waals surface area contributed by atoms with E-state index in [0.717, 1.165) is 21.7 Å². The summed E-state index contributed by atoms with van der Waals surface area (Å²) in [6.45, 7) is 0.327. The minimum atomic E-state index is -0.491. The Hall–Kier alpha value is -3.84. The van der Waals surface area contributed by atoms with Gasteiger partial charge in [0, 0.05) is 36.2 Å². The highest BCUT2D eigenvalue weighted by atomic mass is 32.1. The molecule has 1 unspecified atom stereocenters. The number of nitriles is 1. The minimum Gasteiger partial charge on any atom is -0.472 e. The molecule has 1 aliphatic rings. The molecule has 1 aliphatic carbocycles. The Morgan fingerprint density at radius 3 is 3.06 bits per heavy atom. The second kappa shape index (κ2) is 9.53. The van der Waals surface area contributed by atoms with E-state index in [2.05, 4.69) is 21.8 Å². The molecular weight excluding hydrogens is 430 g/mol. The van der Waals surface area contributed by atoms with Crippen LogP contribution in [0.25, 0.3) is 6.08 Å². The molecule has 2 amide bonds. The van der Waals surface area contributed by atoms with Gasteiger partial charge in [0.25, 0.3) is 0 Å². The number of nitrogens with zero attached hydrogens (tertiary/aromatic N) is 3. The van der Waals surface area contributed by atoms with Gasteiger partial charge in [0.1, 0.15) is 17.2 Å². The summed E-state index contributed by atoms with van der Waals surface area (Å²) in [6, 6.07) is 5.76. The van der Waals surface area contributed by atoms with Gasteiger partial charge in [0.2, 0.25) is 5.91 Å². The number of alkyl carbamates (subject to hydrolysis) is 1. The normalized spacial score (nSPS) is 15.2. The molecule has 9 nitrogen and oxygen atoms in total. The average molecular weight is 452 g/mol. The summed E-state index contributed by atoms with van der Waals surface area (Å²) in [5.74, 6) is -0.330. The van der Waals surface area contributed by atoms with Crippen LogP contribution in [0.4, 0.5) is 9.80 Å². The molecule has 0 bridgehead atoms. The van der Waals surface area contributed by atoms with Crippen LogP contribution < -0.4 is 10.6 Å². The minimum absolute atomic E-state index is 0.288. The zero-order chi connectivity index (χ0) is 22.5. The van der Waals surface area contributed by atoms with E-state index in [1.54, 1.807) is 30.1 Å². The quantitative estimate of drug-likeness (QED) is 0.554. The molecule has 3 heterocycles. The van der Waals surface area contributed by atoms with Crippen molar-refractivity contribution in [1.82, 2.24) is 15.1 Å². The number of carbonyl (C=O) groups excluding carboxylic acids is 2. The van der Waals surface area contributed by atoms with Crippen LogP contribution in [0.1, 0.15) is 33.7 Å². The van der Waals surface area contributed by atoms with Crippen molar-refractivity contribution in [3.05, 3.63) is 64.2 Å². The fourth-order valence-corrected chi connectivity index (χ4v) is 4.75. The number of furan rings is 1. The maximum Gasteiger partial charge on any atom is 0.407 e. The molecule has 0 radical (unpaired) electrons. The highest BCUT2D eigenvalue weighted by Gasteiger charge is 2.28. The van der Waals surface area contributed by atoms with E-state index in [0.29, 0.717) is 36.4 Å². The number of nitrogens with one attached hydrogen (secondary N) is 2. The van der Waals surface area contributed by atoms with E-state index in [4.69, 9.17) is 9.15 Å². The van der Waals surface area contributed by atoms with Gasteiger partial charge in [0.15, 0.2) is 0 Å². The van der Waals surface area contributed by atoms with Gasteiger partial charge in [-0.1, -0.05) is 0 Å². The van der Waals surface area contributed by atoms with E-state index in [1.807, 2.05) is 6.07 Å². The lowest BCUT2D eigenvalue weighted by Gasteiger charge is -2.22. The Morgan fingerprint density at radius 2 is 2.34 bits per heavy atom. The molecule has 4 rings (SSSR count). The van der Waals surface area contributed by atoms with Gasteiger partial charge in [-0.25, -0.2) is 4.79 Å². The second-order valence-corrected chi connectivity index (χ2v) is 8.37. The number of hydrogen-bond donors (Lipinski definition) is 2. The summed E-state index contributed by atoms with van der Waals surface area (Å²) < 4.78 is 12.2. The van der Waals surface area contributed by atoms with Gasteiger partial charge in [-0.3, -0.25) is 9.48 Å². The zero-order valence-corrected chi connectivity index (χ0v) is 18.1. The third kappa shape index (κ3) is 4.90. The number of ether oxygens (including phenoxy) is 1. The Kier molecular flexibility index (Phi) is 6.37. The largest absolute Gasteiger partial charge is 0.472 e. The predicted molar refractivity (Wildman–Crippen MR) is 118 cm³/mol. The van der Waals surface area contributed by atoms with Crippen molar-refractivity contribution < 1.29 is 18.7 Å². The van der Waals surface area contributed by atoms with Gasteiger partial charge in [-0.05, 0) is 36.6 Å². The number of fused-ring (bicyclic) bond motifs is 1. The molecule has 0 spiro atoms. The lowest BCUT2D eigenvalue weighted by molar-refractivity contribution is -0.111. The number of amides is 2. The van der Waals surface area contributed by atoms with Gasteiger partial charge in [-0.15, -0.1) is 11.3 Å². The summed E-state index contributed by atoms with van der Waals surface area (Å²) in [4.78, 5) is 25.4. The number of hydrogen-bond acceptors (Lipinski definition) is 7. The summed E-state index contributed by atoms with van der Waals surface area (Å²) in [6.07, 6.45) is 8.69. The molecule has 0 saturated carbocycles. The Labute approximate surface area is 188 Å². The predicted octanol–water partition coefficient (Wildman–Crippen LogP) is 3.38. The molecule has 3 aromatic rings. The van der Waals surface area contributed by atoms with Crippen molar-refractivity contribution in [3.63, 3.8) is 0 Å². The molecule has 2 N–H and O–H groups in total. The molecule has 0 aromatic carbocycles. The zero-order valence-electron chi connectivity index (χ0n) is 17.3. The van der Waals surface area contributed by atoms with Crippen molar-refractivity contribution in [2.24, 2.45) is 7.05 Å². The monoisotopic (exact) mass is 451 g/mol. The van der Waals surface area contributed by atoms with Crippen molar-refractivity contribution in [2.45, 2.75) is 31.9 Å². The molecular formula is C22H21N5O4S. The molecule has 3 aromatic heterocycles. The fourth-order valence-electron chi connectivity index (χ4n) is 3.49. The summed E-state index contributed by atoms with van der Waals surface area (Å²) in [5, 5.41) is 19.7. The number of thiophene rings is 1. The van der Waals surface area contributed by atoms with E-state index >= 15 is 0 Å². The van der Waals surface area contributed by atoms with Crippen LogP contribution in [-0.2, 0) is 36.0 Å². The first-order chi connectivity index (χ1) is 15.5. The maximum absolute atomic E-state index is 12.3. The molecule has 32 heavy (non-hydrogen) atoms. The average Bonchev–Trinajstić information content (AvgIpc) is 3.50. The van der Waals surface area contributed by atoms with Crippen LogP contribution in [0.2, 0.25) is 0 Å². The van der Waals surface area contributed by atoms with Crippen LogP contribution in [-0.4, -0.2) is 27.9 Å². The summed E-state index contributed by atoms with van der Waals surface area (Å²) in [7, 11) is 1.80. The number of anilines is 1. The number of carbonyl (C=O) groups is 2. The van der Waals surface area contributed by atoms with Crippen LogP contribution >= 0.6 is 11.3 Å². The Balaban J connectivity index is 1.36. The summed E-state index contributed by atoms with van der Waals surface area (Å²) >= 11 is 1.35. The van der Waals surface area contributed by atoms with Crippen molar-refractivity contribution >= 4 is 34.4 Å². The van der Waals surface area contributed by atoms with Gasteiger partial charge in [-0.2, -0.15) is 10.4 Å². The van der Waals surface area contributed by atoms with Crippen molar-refractivity contribution in [2.75, 3.05) is 5.32 Å². The van der Waals surface area contributed by atoms with E-state index in [9.17, 15) is 14.9 Å². The molecule has 1 atom stereocenters. The molecule has 0 fully saturated rings. The highest BCUT2D eigenvalue weighted by Crippen LogP contribution is 2.38. The van der Waals surface area contributed by atoms with Gasteiger partial charge >= 0.3 is 6.09 Å².